The van der Waals surface area contributed by atoms with E-state index in [1.54, 1.807) is 12.4 Å². The van der Waals surface area contributed by atoms with Crippen LogP contribution in [-0.4, -0.2) is 56.3 Å². The second kappa shape index (κ2) is 12.7. The molecule has 7 aromatic rings. The number of fused-ring (bicyclic) bond motifs is 2. The molecule has 0 radical (unpaired) electrons. The minimum Gasteiger partial charge on any atom is -0.492 e. The van der Waals surface area contributed by atoms with Gasteiger partial charge in [0.1, 0.15) is 36.2 Å². The molecule has 1 fully saturated rings. The molecule has 47 heavy (non-hydrogen) atoms. The van der Waals surface area contributed by atoms with Gasteiger partial charge in [0.25, 0.3) is 0 Å². The van der Waals surface area contributed by atoms with Crippen LogP contribution in [0.25, 0.3) is 55.6 Å². The van der Waals surface area contributed by atoms with Crippen LogP contribution in [0.5, 0.6) is 11.5 Å². The SMILES string of the molecule is Fc1cc(OCCN2CCCC2)cc(-c2nccc3[nH]c(-c4n[nH]c5ccc(-c6cncc(OCc7ccccc7)c6)cc45)cc23)c1. The Morgan fingerprint density at radius 2 is 1.60 bits per heavy atom. The molecule has 1 aliphatic heterocycles. The Bertz CT molecular complexity index is 2170. The molecule has 0 unspecified atom stereocenters. The van der Waals surface area contributed by atoms with Crippen molar-refractivity contribution in [3.05, 3.63) is 115 Å². The maximum atomic E-state index is 14.8. The first kappa shape index (κ1) is 28.9. The lowest BCUT2D eigenvalue weighted by Crippen LogP contribution is -2.25. The third-order valence-electron chi connectivity index (χ3n) is 8.68. The van der Waals surface area contributed by atoms with Crippen LogP contribution in [0.2, 0.25) is 0 Å². The molecular formula is C38H33FN6O2. The minimum absolute atomic E-state index is 0.358. The smallest absolute Gasteiger partial charge is 0.138 e. The summed E-state index contributed by atoms with van der Waals surface area (Å²) in [7, 11) is 0. The number of pyridine rings is 2. The third-order valence-corrected chi connectivity index (χ3v) is 8.68. The molecule has 1 saturated heterocycles. The molecule has 3 aromatic carbocycles. The van der Waals surface area contributed by atoms with E-state index in [1.807, 2.05) is 72.9 Å². The van der Waals surface area contributed by atoms with Gasteiger partial charge in [-0.15, -0.1) is 0 Å². The van der Waals surface area contributed by atoms with Gasteiger partial charge in [0.2, 0.25) is 0 Å². The Morgan fingerprint density at radius 3 is 2.49 bits per heavy atom. The summed E-state index contributed by atoms with van der Waals surface area (Å²) in [5.41, 5.74) is 7.76. The molecule has 8 rings (SSSR count). The van der Waals surface area contributed by atoms with Crippen LogP contribution in [0.3, 0.4) is 0 Å². The summed E-state index contributed by atoms with van der Waals surface area (Å²) in [5.74, 6) is 0.846. The van der Waals surface area contributed by atoms with Gasteiger partial charge >= 0.3 is 0 Å². The molecular weight excluding hydrogens is 591 g/mol. The molecule has 4 aromatic heterocycles. The molecule has 1 aliphatic rings. The van der Waals surface area contributed by atoms with Gasteiger partial charge in [-0.25, -0.2) is 4.39 Å². The highest BCUT2D eigenvalue weighted by Crippen LogP contribution is 2.36. The molecule has 0 spiro atoms. The number of rotatable bonds is 10. The zero-order valence-electron chi connectivity index (χ0n) is 25.7. The highest BCUT2D eigenvalue weighted by Gasteiger charge is 2.17. The van der Waals surface area contributed by atoms with Crippen LogP contribution in [0.15, 0.2) is 104 Å². The molecule has 0 amide bonds. The van der Waals surface area contributed by atoms with E-state index in [4.69, 9.17) is 9.47 Å². The predicted octanol–water partition coefficient (Wildman–Crippen LogP) is 8.03. The van der Waals surface area contributed by atoms with Gasteiger partial charge in [0, 0.05) is 52.4 Å². The van der Waals surface area contributed by atoms with E-state index in [0.717, 1.165) is 69.5 Å². The molecule has 5 heterocycles. The van der Waals surface area contributed by atoms with Crippen LogP contribution in [-0.2, 0) is 6.61 Å². The van der Waals surface area contributed by atoms with Gasteiger partial charge in [-0.3, -0.25) is 20.0 Å². The molecule has 9 heteroatoms. The molecule has 0 saturated carbocycles. The number of aromatic nitrogens is 5. The van der Waals surface area contributed by atoms with E-state index in [1.165, 1.54) is 25.0 Å². The number of ether oxygens (including phenoxy) is 2. The zero-order valence-corrected chi connectivity index (χ0v) is 25.7. The lowest BCUT2D eigenvalue weighted by atomic mass is 10.0. The summed E-state index contributed by atoms with van der Waals surface area (Å²) in [6.07, 6.45) is 7.75. The fourth-order valence-corrected chi connectivity index (χ4v) is 6.29. The fraction of sp³-hybridized carbons (Fsp3) is 0.184. The van der Waals surface area contributed by atoms with Gasteiger partial charge in [0.15, 0.2) is 0 Å². The third kappa shape index (κ3) is 6.17. The fourth-order valence-electron chi connectivity index (χ4n) is 6.29. The number of H-pyrrole nitrogens is 2. The Labute approximate surface area is 271 Å². The summed E-state index contributed by atoms with van der Waals surface area (Å²) in [6.45, 7) is 4.02. The van der Waals surface area contributed by atoms with Gasteiger partial charge in [0.05, 0.1) is 23.1 Å². The van der Waals surface area contributed by atoms with Gasteiger partial charge in [-0.05, 0) is 79.5 Å². The average molecular weight is 625 g/mol. The first-order chi connectivity index (χ1) is 23.2. The standard InChI is InChI=1S/C38H33FN6O2/c39-29-16-27(17-30(20-29)46-15-14-45-12-4-5-13-45)37-33-21-36(42-34(33)10-11-41-37)38-32-19-26(8-9-35(32)43-44-38)28-18-31(23-40-22-28)47-24-25-6-2-1-3-7-25/h1-3,6-11,16-23,42H,4-5,12-15,24H2,(H,43,44). The molecule has 234 valence electrons. The zero-order chi connectivity index (χ0) is 31.6. The van der Waals surface area contributed by atoms with Crippen molar-refractivity contribution in [2.75, 3.05) is 26.2 Å². The largest absolute Gasteiger partial charge is 0.492 e. The number of likely N-dealkylation sites (tertiary alicyclic amines) is 1. The first-order valence-electron chi connectivity index (χ1n) is 15.9. The van der Waals surface area contributed by atoms with E-state index < -0.39 is 0 Å². The summed E-state index contributed by atoms with van der Waals surface area (Å²) >= 11 is 0. The second-order valence-corrected chi connectivity index (χ2v) is 11.9. The van der Waals surface area contributed by atoms with E-state index in [9.17, 15) is 4.39 Å². The monoisotopic (exact) mass is 624 g/mol. The average Bonchev–Trinajstić information content (AvgIpc) is 3.87. The highest BCUT2D eigenvalue weighted by molar-refractivity contribution is 6.01. The topological polar surface area (TPSA) is 92.0 Å². The molecule has 8 nitrogen and oxygen atoms in total. The summed E-state index contributed by atoms with van der Waals surface area (Å²) in [5, 5.41) is 9.67. The molecule has 0 aliphatic carbocycles. The van der Waals surface area contributed by atoms with Crippen molar-refractivity contribution in [2.24, 2.45) is 0 Å². The van der Waals surface area contributed by atoms with Crippen LogP contribution < -0.4 is 9.47 Å². The predicted molar refractivity (Wildman–Crippen MR) is 182 cm³/mol. The van der Waals surface area contributed by atoms with Crippen molar-refractivity contribution in [1.29, 1.82) is 0 Å². The number of nitrogens with zero attached hydrogens (tertiary/aromatic N) is 4. The van der Waals surface area contributed by atoms with Crippen LogP contribution in [0.1, 0.15) is 18.4 Å². The van der Waals surface area contributed by atoms with Crippen molar-refractivity contribution in [1.82, 2.24) is 30.0 Å². The van der Waals surface area contributed by atoms with Crippen molar-refractivity contribution in [3.63, 3.8) is 0 Å². The van der Waals surface area contributed by atoms with Crippen molar-refractivity contribution >= 4 is 21.8 Å². The van der Waals surface area contributed by atoms with E-state index in [0.29, 0.717) is 36.0 Å². The Morgan fingerprint density at radius 1 is 0.745 bits per heavy atom. The van der Waals surface area contributed by atoms with Gasteiger partial charge in [-0.1, -0.05) is 36.4 Å². The van der Waals surface area contributed by atoms with Gasteiger partial charge in [-0.2, -0.15) is 5.10 Å². The summed E-state index contributed by atoms with van der Waals surface area (Å²) in [6, 6.07) is 27.0. The van der Waals surface area contributed by atoms with Crippen molar-refractivity contribution in [2.45, 2.75) is 19.4 Å². The maximum Gasteiger partial charge on any atom is 0.138 e. The number of hydrogen-bond donors (Lipinski definition) is 2. The van der Waals surface area contributed by atoms with Crippen molar-refractivity contribution in [3.8, 4) is 45.3 Å². The second-order valence-electron chi connectivity index (χ2n) is 11.9. The Kier molecular flexibility index (Phi) is 7.80. The number of benzene rings is 3. The maximum absolute atomic E-state index is 14.8. The van der Waals surface area contributed by atoms with Crippen LogP contribution in [0, 0.1) is 5.82 Å². The molecule has 0 bridgehead atoms. The van der Waals surface area contributed by atoms with E-state index >= 15 is 0 Å². The number of aromatic amines is 2. The Balaban J connectivity index is 1.08. The highest BCUT2D eigenvalue weighted by atomic mass is 19.1. The lowest BCUT2D eigenvalue weighted by molar-refractivity contribution is 0.237. The molecule has 2 N–H and O–H groups in total. The minimum atomic E-state index is -0.358. The van der Waals surface area contributed by atoms with Crippen molar-refractivity contribution < 1.29 is 13.9 Å². The number of nitrogens with one attached hydrogen (secondary N) is 2. The quantitative estimate of drug-likeness (QED) is 0.160. The summed E-state index contributed by atoms with van der Waals surface area (Å²) < 4.78 is 26.8. The van der Waals surface area contributed by atoms with E-state index in [2.05, 4.69) is 36.1 Å². The normalized spacial score (nSPS) is 13.5. The van der Waals surface area contributed by atoms with Crippen LogP contribution in [0.4, 0.5) is 4.39 Å². The van der Waals surface area contributed by atoms with E-state index in [-0.39, 0.29) is 5.82 Å². The first-order valence-corrected chi connectivity index (χ1v) is 15.9. The van der Waals surface area contributed by atoms with Gasteiger partial charge < -0.3 is 14.5 Å². The molecule has 0 atom stereocenters. The number of hydrogen-bond acceptors (Lipinski definition) is 6. The summed E-state index contributed by atoms with van der Waals surface area (Å²) in [4.78, 5) is 15.0. The number of halogens is 1. The Hall–Kier alpha value is -5.54. The lowest BCUT2D eigenvalue weighted by Gasteiger charge is -2.15. The van der Waals surface area contributed by atoms with Crippen LogP contribution >= 0.6 is 0 Å².